The Morgan fingerprint density at radius 1 is 0.345 bits per heavy atom. The lowest BCUT2D eigenvalue weighted by Crippen LogP contribution is -2.61. The van der Waals surface area contributed by atoms with E-state index in [1.807, 2.05) is 0 Å². The molecular weight excluding hydrogens is 1160 g/mol. The molecule has 0 N–H and O–H groups in total. The molecule has 0 aliphatic carbocycles. The van der Waals surface area contributed by atoms with Crippen molar-refractivity contribution in [2.75, 3.05) is 145 Å². The molecule has 0 bridgehead atoms. The van der Waals surface area contributed by atoms with Crippen LogP contribution in [0, 0.1) is 0 Å². The van der Waals surface area contributed by atoms with Crippen molar-refractivity contribution >= 4 is 35.8 Å². The van der Waals surface area contributed by atoms with E-state index in [1.165, 1.54) is 41.5 Å². The third-order valence-corrected chi connectivity index (χ3v) is 11.9. The Bertz CT molecular complexity index is 2090. The number of aromatic nitrogens is 6. The Morgan fingerprint density at radius 2 is 0.563 bits per heavy atom. The standard InChI is InChI=1S/C54H88N6O27/c1-37-47(82-39(3)61)49(84-41(5)63)51(86-43(7)65)53(80-37)78-35-45-33-59(57-55-45)9-11-67-13-15-69-17-19-71-21-23-73-25-27-75-29-31-77-32-30-76-28-26-74-24-22-72-20-18-70-16-14-68-12-10-60-34-46(56-58-60)36-79-54-52(87-44(8)66)50(85-42(6)64)48(38(2)81-54)83-40(4)62/h33-34,37-38,47-54H,9-32,35-36H2,1-8H3/t37?,38?,47-,48-,49?,50?,51-,52?,53-,54-/m1/s1. The van der Waals surface area contributed by atoms with Gasteiger partial charge >= 0.3 is 35.8 Å². The summed E-state index contributed by atoms with van der Waals surface area (Å²) in [7, 11) is 0. The van der Waals surface area contributed by atoms with Gasteiger partial charge in [0.15, 0.2) is 49.2 Å². The first-order valence-corrected chi connectivity index (χ1v) is 28.7. The highest BCUT2D eigenvalue weighted by atomic mass is 16.7. The summed E-state index contributed by atoms with van der Waals surface area (Å²) in [6.07, 6.45) is -7.35. The van der Waals surface area contributed by atoms with E-state index in [1.54, 1.807) is 35.6 Å². The molecule has 0 spiro atoms. The normalized spacial score (nSPS) is 21.9. The number of nitrogens with zero attached hydrogens (tertiary/aromatic N) is 6. The Morgan fingerprint density at radius 3 is 0.805 bits per heavy atom. The van der Waals surface area contributed by atoms with Crippen LogP contribution in [-0.4, -0.2) is 273 Å². The van der Waals surface area contributed by atoms with Crippen LogP contribution in [-0.2, 0) is 155 Å². The van der Waals surface area contributed by atoms with Crippen molar-refractivity contribution < 1.29 is 128 Å². The van der Waals surface area contributed by atoms with Gasteiger partial charge in [0.05, 0.1) is 196 Å². The van der Waals surface area contributed by atoms with E-state index in [-0.39, 0.29) is 13.2 Å². The number of esters is 6. The molecule has 4 rings (SSSR count). The van der Waals surface area contributed by atoms with Crippen LogP contribution in [0.2, 0.25) is 0 Å². The van der Waals surface area contributed by atoms with Gasteiger partial charge in [0.25, 0.3) is 0 Å². The zero-order valence-corrected chi connectivity index (χ0v) is 51.0. The lowest BCUT2D eigenvalue weighted by Gasteiger charge is -2.43. The average molecular weight is 1250 g/mol. The average Bonchev–Trinajstić information content (AvgIpc) is 1.93. The zero-order valence-electron chi connectivity index (χ0n) is 51.0. The summed E-state index contributed by atoms with van der Waals surface area (Å²) >= 11 is 0. The molecule has 0 amide bonds. The molecule has 2 fully saturated rings. The SMILES string of the molecule is CC(=O)OC1C(OC(C)=O)[C@H](OC(C)=O)C(C)O[C@H]1OCc1cn(CCOCCOCCOCCOCCOCCOCCOCCOCCOCCOCCOCCn2cc(CO[C@@H]3OC(C)[C@@H](OC(C)=O)C(OC(C)=O)[C@H]3OC(C)=O)nn2)nn1. The molecule has 2 aliphatic heterocycles. The summed E-state index contributed by atoms with van der Waals surface area (Å²) in [6, 6.07) is 0. The molecule has 5 unspecified atom stereocenters. The first kappa shape index (κ1) is 74.0. The Kier molecular flexibility index (Phi) is 37.4. The quantitative estimate of drug-likeness (QED) is 0.0473. The zero-order chi connectivity index (χ0) is 63.0. The molecule has 2 saturated heterocycles. The molecule has 2 aromatic heterocycles. The molecule has 496 valence electrons. The minimum atomic E-state index is -1.22. The number of carbonyl (C=O) groups is 6. The van der Waals surface area contributed by atoms with Gasteiger partial charge in [-0.25, -0.2) is 9.36 Å². The maximum atomic E-state index is 11.9. The number of hydrogen-bond donors (Lipinski definition) is 0. The second-order valence-electron chi connectivity index (χ2n) is 19.2. The Balaban J connectivity index is 0.843. The predicted octanol–water partition coefficient (Wildman–Crippen LogP) is -0.135. The molecule has 87 heavy (non-hydrogen) atoms. The minimum Gasteiger partial charge on any atom is -0.456 e. The van der Waals surface area contributed by atoms with Crippen molar-refractivity contribution in [1.82, 2.24) is 30.0 Å². The van der Waals surface area contributed by atoms with Crippen LogP contribution in [0.25, 0.3) is 0 Å². The number of carbonyl (C=O) groups excluding carboxylic acids is 6. The summed E-state index contributed by atoms with van der Waals surface area (Å²) in [5.41, 5.74) is 0.909. The summed E-state index contributed by atoms with van der Waals surface area (Å²) in [5.74, 6) is -3.93. The van der Waals surface area contributed by atoms with Crippen molar-refractivity contribution in [2.45, 2.75) is 143 Å². The van der Waals surface area contributed by atoms with Crippen molar-refractivity contribution in [3.05, 3.63) is 23.8 Å². The summed E-state index contributed by atoms with van der Waals surface area (Å²) in [5, 5.41) is 16.4. The van der Waals surface area contributed by atoms with E-state index in [4.69, 9.17) is 99.5 Å². The highest BCUT2D eigenvalue weighted by molar-refractivity contribution is 5.69. The summed E-state index contributed by atoms with van der Waals surface area (Å²) in [4.78, 5) is 71.1. The number of hydrogen-bond acceptors (Lipinski definition) is 31. The van der Waals surface area contributed by atoms with Gasteiger partial charge in [-0.2, -0.15) is 0 Å². The van der Waals surface area contributed by atoms with Crippen molar-refractivity contribution in [1.29, 1.82) is 0 Å². The van der Waals surface area contributed by atoms with Crippen LogP contribution in [0.3, 0.4) is 0 Å². The third-order valence-electron chi connectivity index (χ3n) is 11.9. The maximum Gasteiger partial charge on any atom is 0.303 e. The molecule has 33 nitrogen and oxygen atoms in total. The van der Waals surface area contributed by atoms with Gasteiger partial charge in [-0.15, -0.1) is 10.2 Å². The number of ether oxygens (including phenoxy) is 21. The molecule has 33 heteroatoms. The van der Waals surface area contributed by atoms with E-state index in [2.05, 4.69) is 20.6 Å². The molecule has 2 aliphatic rings. The van der Waals surface area contributed by atoms with Crippen LogP contribution >= 0.6 is 0 Å². The lowest BCUT2D eigenvalue weighted by atomic mass is 9.99. The second-order valence-corrected chi connectivity index (χ2v) is 19.2. The van der Waals surface area contributed by atoms with E-state index < -0.39 is 97.2 Å². The van der Waals surface area contributed by atoms with E-state index >= 15 is 0 Å². The van der Waals surface area contributed by atoms with Gasteiger partial charge in [0.1, 0.15) is 11.4 Å². The van der Waals surface area contributed by atoms with Crippen LogP contribution in [0.5, 0.6) is 0 Å². The largest absolute Gasteiger partial charge is 0.456 e. The van der Waals surface area contributed by atoms with Gasteiger partial charge in [-0.05, 0) is 13.8 Å². The molecular formula is C54H88N6O27. The highest BCUT2D eigenvalue weighted by Gasteiger charge is 2.52. The van der Waals surface area contributed by atoms with Crippen molar-refractivity contribution in [3.63, 3.8) is 0 Å². The van der Waals surface area contributed by atoms with Gasteiger partial charge < -0.3 is 99.5 Å². The van der Waals surface area contributed by atoms with Gasteiger partial charge in [0.2, 0.25) is 0 Å². The van der Waals surface area contributed by atoms with Gasteiger partial charge in [-0.1, -0.05) is 10.4 Å². The third kappa shape index (κ3) is 32.0. The topological polar surface area (TPSA) is 358 Å². The smallest absolute Gasteiger partial charge is 0.303 e. The van der Waals surface area contributed by atoms with Crippen molar-refractivity contribution in [2.24, 2.45) is 0 Å². The van der Waals surface area contributed by atoms with Crippen molar-refractivity contribution in [3.8, 4) is 0 Å². The maximum absolute atomic E-state index is 11.9. The number of rotatable bonds is 48. The molecule has 4 heterocycles. The molecule has 0 saturated carbocycles. The van der Waals surface area contributed by atoms with E-state index in [0.29, 0.717) is 170 Å². The van der Waals surface area contributed by atoms with Crippen LogP contribution in [0.15, 0.2) is 12.4 Å². The lowest BCUT2D eigenvalue weighted by molar-refractivity contribution is -0.303. The molecule has 0 aromatic carbocycles. The molecule has 0 radical (unpaired) electrons. The summed E-state index contributed by atoms with van der Waals surface area (Å²) < 4.78 is 120. The Labute approximate surface area is 505 Å². The van der Waals surface area contributed by atoms with Gasteiger partial charge in [-0.3, -0.25) is 28.8 Å². The minimum absolute atomic E-state index is 0.0736. The fraction of sp³-hybridized carbons (Fsp3) is 0.815. The fourth-order valence-electron chi connectivity index (χ4n) is 8.19. The van der Waals surface area contributed by atoms with E-state index in [0.717, 1.165) is 0 Å². The molecule has 10 atom stereocenters. The first-order chi connectivity index (χ1) is 42.0. The van der Waals surface area contributed by atoms with E-state index in [9.17, 15) is 28.8 Å². The highest BCUT2D eigenvalue weighted by Crippen LogP contribution is 2.31. The first-order valence-electron chi connectivity index (χ1n) is 28.7. The van der Waals surface area contributed by atoms with Crippen LogP contribution in [0.4, 0.5) is 0 Å². The summed E-state index contributed by atoms with van der Waals surface area (Å²) in [6.45, 7) is 20.1. The van der Waals surface area contributed by atoms with Crippen LogP contribution < -0.4 is 0 Å². The predicted molar refractivity (Wildman–Crippen MR) is 291 cm³/mol. The van der Waals surface area contributed by atoms with Gasteiger partial charge in [0, 0.05) is 41.5 Å². The second kappa shape index (κ2) is 44.0. The molecule has 2 aromatic rings. The van der Waals surface area contributed by atoms with Crippen LogP contribution in [0.1, 0.15) is 66.8 Å². The fourth-order valence-corrected chi connectivity index (χ4v) is 8.19. The Hall–Kier alpha value is -5.50. The monoisotopic (exact) mass is 1250 g/mol.